The maximum atomic E-state index is 9.48. The van der Waals surface area contributed by atoms with Crippen LogP contribution in [0.3, 0.4) is 0 Å². The second-order valence-corrected chi connectivity index (χ2v) is 8.02. The zero-order valence-electron chi connectivity index (χ0n) is 10.6. The number of amidine groups is 1. The van der Waals surface area contributed by atoms with Crippen molar-refractivity contribution in [2.24, 2.45) is 4.99 Å². The van der Waals surface area contributed by atoms with Crippen molar-refractivity contribution in [2.45, 2.75) is 0 Å². The third-order valence-corrected chi connectivity index (χ3v) is 5.80. The van der Waals surface area contributed by atoms with Crippen LogP contribution in [0.4, 0.5) is 0 Å². The van der Waals surface area contributed by atoms with E-state index in [1.54, 1.807) is 23.5 Å². The van der Waals surface area contributed by atoms with E-state index >= 15 is 0 Å². The van der Waals surface area contributed by atoms with Gasteiger partial charge in [0.1, 0.15) is 11.9 Å². The van der Waals surface area contributed by atoms with Crippen molar-refractivity contribution in [3.8, 4) is 17.2 Å². The van der Waals surface area contributed by atoms with E-state index in [1.165, 1.54) is 0 Å². The smallest absolute Gasteiger partial charge is 0.139 e. The monoisotopic (exact) mass is 447 g/mol. The molecule has 0 radical (unpaired) electrons. The fraction of sp³-hybridized carbons (Fsp3) is 0.143. The van der Waals surface area contributed by atoms with E-state index in [4.69, 9.17) is 23.2 Å². The molecule has 0 spiro atoms. The van der Waals surface area contributed by atoms with Crippen molar-refractivity contribution in [2.75, 3.05) is 13.1 Å². The van der Waals surface area contributed by atoms with E-state index in [0.717, 1.165) is 37.8 Å². The third kappa shape index (κ3) is 2.78. The molecule has 0 fully saturated rings. The summed E-state index contributed by atoms with van der Waals surface area (Å²) in [5.41, 5.74) is 2.28. The van der Waals surface area contributed by atoms with Crippen LogP contribution in [0.1, 0.15) is 10.4 Å². The van der Waals surface area contributed by atoms with E-state index in [-0.39, 0.29) is 0 Å². The van der Waals surface area contributed by atoms with E-state index in [2.05, 4.69) is 39.0 Å². The van der Waals surface area contributed by atoms with E-state index in [1.807, 2.05) is 6.07 Å². The first-order valence-corrected chi connectivity index (χ1v) is 8.73. The van der Waals surface area contributed by atoms with Crippen molar-refractivity contribution >= 4 is 63.0 Å². The first kappa shape index (κ1) is 15.1. The van der Waals surface area contributed by atoms with Crippen LogP contribution in [0.25, 0.3) is 11.1 Å². The molecule has 106 valence electrons. The fourth-order valence-corrected chi connectivity index (χ4v) is 4.70. The molecule has 0 unspecified atom stereocenters. The average Bonchev–Trinajstić information content (AvgIpc) is 3.06. The molecule has 3 nitrogen and oxygen atoms in total. The SMILES string of the molecule is N#Cc1c(I)sc(C2=NCCN2)c1-c1ccc(Cl)cc1Cl. The topological polar surface area (TPSA) is 48.2 Å². The van der Waals surface area contributed by atoms with Crippen LogP contribution in [0.15, 0.2) is 23.2 Å². The summed E-state index contributed by atoms with van der Waals surface area (Å²) in [6.45, 7) is 1.57. The molecule has 0 atom stereocenters. The third-order valence-electron chi connectivity index (χ3n) is 3.07. The summed E-state index contributed by atoms with van der Waals surface area (Å²) in [6, 6.07) is 7.60. The first-order valence-electron chi connectivity index (χ1n) is 6.08. The lowest BCUT2D eigenvalue weighted by Gasteiger charge is -2.08. The Morgan fingerprint density at radius 2 is 2.19 bits per heavy atom. The lowest BCUT2D eigenvalue weighted by Crippen LogP contribution is -2.19. The predicted molar refractivity (Wildman–Crippen MR) is 96.6 cm³/mol. The Kier molecular flexibility index (Phi) is 4.41. The number of nitrogens with one attached hydrogen (secondary N) is 1. The highest BCUT2D eigenvalue weighted by Gasteiger charge is 2.24. The van der Waals surface area contributed by atoms with Gasteiger partial charge in [-0.3, -0.25) is 4.99 Å². The van der Waals surface area contributed by atoms with Crippen LogP contribution in [0.2, 0.25) is 10.0 Å². The maximum absolute atomic E-state index is 9.48. The Bertz CT molecular complexity index is 792. The molecule has 2 heterocycles. The zero-order valence-corrected chi connectivity index (χ0v) is 15.1. The van der Waals surface area contributed by atoms with Crippen molar-refractivity contribution in [1.29, 1.82) is 5.26 Å². The summed E-state index contributed by atoms with van der Waals surface area (Å²) >= 11 is 16.0. The van der Waals surface area contributed by atoms with Gasteiger partial charge in [-0.05, 0) is 34.7 Å². The highest BCUT2D eigenvalue weighted by molar-refractivity contribution is 14.1. The summed E-state index contributed by atoms with van der Waals surface area (Å²) in [6.07, 6.45) is 0. The van der Waals surface area contributed by atoms with E-state index < -0.39 is 0 Å². The Labute approximate surface area is 149 Å². The van der Waals surface area contributed by atoms with Gasteiger partial charge in [-0.1, -0.05) is 29.3 Å². The molecule has 7 heteroatoms. The molecule has 0 aliphatic carbocycles. The number of halogens is 3. The van der Waals surface area contributed by atoms with Crippen LogP contribution in [0.5, 0.6) is 0 Å². The number of thiophene rings is 1. The molecule has 1 aromatic heterocycles. The molecular weight excluding hydrogens is 440 g/mol. The molecule has 0 saturated carbocycles. The minimum absolute atomic E-state index is 0.535. The average molecular weight is 448 g/mol. The van der Waals surface area contributed by atoms with Crippen molar-refractivity contribution in [3.05, 3.63) is 41.6 Å². The summed E-state index contributed by atoms with van der Waals surface area (Å²) in [5.74, 6) is 0.834. The quantitative estimate of drug-likeness (QED) is 0.686. The lowest BCUT2D eigenvalue weighted by molar-refractivity contribution is 0.961. The second-order valence-electron chi connectivity index (χ2n) is 4.35. The van der Waals surface area contributed by atoms with Crippen LogP contribution < -0.4 is 5.32 Å². The number of aliphatic imine (C=N–C) groups is 1. The molecular formula is C14H8Cl2IN3S. The Balaban J connectivity index is 2.27. The fourth-order valence-electron chi connectivity index (χ4n) is 2.17. The number of nitriles is 1. The standard InChI is InChI=1S/C14H8Cl2IN3S/c15-7-1-2-8(10(16)5-7)11-9(6-18)13(17)21-12(11)14-19-3-4-20-14/h1-2,5H,3-4H2,(H,19,20). The molecule has 3 rings (SSSR count). The van der Waals surface area contributed by atoms with Gasteiger partial charge in [-0.25, -0.2) is 0 Å². The molecule has 0 saturated heterocycles. The van der Waals surface area contributed by atoms with Crippen LogP contribution >= 0.6 is 57.1 Å². The Hall–Kier alpha value is -0.810. The van der Waals surface area contributed by atoms with Crippen LogP contribution in [0, 0.1) is 14.2 Å². The molecule has 0 amide bonds. The number of benzene rings is 1. The van der Waals surface area contributed by atoms with Crippen LogP contribution in [-0.2, 0) is 0 Å². The van der Waals surface area contributed by atoms with Gasteiger partial charge in [0, 0.05) is 27.7 Å². The normalized spacial score (nSPS) is 13.7. The van der Waals surface area contributed by atoms with Gasteiger partial charge in [-0.2, -0.15) is 5.26 Å². The largest absolute Gasteiger partial charge is 0.367 e. The molecule has 0 bridgehead atoms. The number of hydrogen-bond acceptors (Lipinski definition) is 4. The zero-order chi connectivity index (χ0) is 15.0. The van der Waals surface area contributed by atoms with Crippen molar-refractivity contribution in [1.82, 2.24) is 5.32 Å². The number of nitrogens with zero attached hydrogens (tertiary/aromatic N) is 2. The van der Waals surface area contributed by atoms with Gasteiger partial charge in [0.25, 0.3) is 0 Å². The summed E-state index contributed by atoms with van der Waals surface area (Å²) in [5, 5.41) is 13.9. The second kappa shape index (κ2) is 6.13. The molecule has 21 heavy (non-hydrogen) atoms. The molecule has 1 aliphatic heterocycles. The minimum Gasteiger partial charge on any atom is -0.367 e. The van der Waals surface area contributed by atoms with Crippen molar-refractivity contribution in [3.63, 3.8) is 0 Å². The minimum atomic E-state index is 0.535. The molecule has 1 aromatic carbocycles. The number of hydrogen-bond donors (Lipinski definition) is 1. The van der Waals surface area contributed by atoms with Gasteiger partial charge in [-0.15, -0.1) is 11.3 Å². The number of rotatable bonds is 2. The molecule has 1 aliphatic rings. The van der Waals surface area contributed by atoms with E-state index in [0.29, 0.717) is 15.6 Å². The van der Waals surface area contributed by atoms with Gasteiger partial charge in [0.15, 0.2) is 0 Å². The highest BCUT2D eigenvalue weighted by atomic mass is 127. The first-order chi connectivity index (χ1) is 10.1. The van der Waals surface area contributed by atoms with Gasteiger partial charge < -0.3 is 5.32 Å². The van der Waals surface area contributed by atoms with Crippen LogP contribution in [-0.4, -0.2) is 18.9 Å². The van der Waals surface area contributed by atoms with E-state index in [9.17, 15) is 5.26 Å². The van der Waals surface area contributed by atoms with Gasteiger partial charge in [0.05, 0.1) is 19.9 Å². The Morgan fingerprint density at radius 3 is 2.81 bits per heavy atom. The Morgan fingerprint density at radius 1 is 1.38 bits per heavy atom. The molecule has 2 aromatic rings. The maximum Gasteiger partial charge on any atom is 0.139 e. The van der Waals surface area contributed by atoms with Gasteiger partial charge in [0.2, 0.25) is 0 Å². The van der Waals surface area contributed by atoms with Gasteiger partial charge >= 0.3 is 0 Å². The molecule has 1 N–H and O–H groups in total. The predicted octanol–water partition coefficient (Wildman–Crippen LogP) is 4.55. The summed E-state index contributed by atoms with van der Waals surface area (Å²) in [7, 11) is 0. The highest BCUT2D eigenvalue weighted by Crippen LogP contribution is 2.41. The summed E-state index contributed by atoms with van der Waals surface area (Å²) < 4.78 is 0.933. The summed E-state index contributed by atoms with van der Waals surface area (Å²) in [4.78, 5) is 5.42. The lowest BCUT2D eigenvalue weighted by atomic mass is 10.0. The van der Waals surface area contributed by atoms with Crippen molar-refractivity contribution < 1.29 is 0 Å².